The normalized spacial score (nSPS) is 11.7. The van der Waals surface area contributed by atoms with Crippen molar-refractivity contribution in [3.63, 3.8) is 0 Å². The SMILES string of the molecule is CC(CNC(=O)CN(C)c1ccc(Cl)cn1)C(=O)O. The smallest absolute Gasteiger partial charge is 0.308 e. The molecule has 1 unspecified atom stereocenters. The van der Waals surface area contributed by atoms with Gasteiger partial charge in [0.1, 0.15) is 5.82 Å². The molecule has 0 saturated heterocycles. The van der Waals surface area contributed by atoms with Gasteiger partial charge in [-0.3, -0.25) is 9.59 Å². The van der Waals surface area contributed by atoms with Crippen molar-refractivity contribution in [3.8, 4) is 0 Å². The Morgan fingerprint density at radius 2 is 2.21 bits per heavy atom. The van der Waals surface area contributed by atoms with Gasteiger partial charge in [0, 0.05) is 19.8 Å². The fourth-order valence-corrected chi connectivity index (χ4v) is 1.41. The Labute approximate surface area is 116 Å². The van der Waals surface area contributed by atoms with E-state index in [-0.39, 0.29) is 19.0 Å². The number of carbonyl (C=O) groups excluding carboxylic acids is 1. The van der Waals surface area contributed by atoms with Gasteiger partial charge < -0.3 is 15.3 Å². The number of nitrogens with zero attached hydrogens (tertiary/aromatic N) is 2. The number of nitrogens with one attached hydrogen (secondary N) is 1. The topological polar surface area (TPSA) is 82.5 Å². The predicted molar refractivity (Wildman–Crippen MR) is 72.3 cm³/mol. The van der Waals surface area contributed by atoms with Crippen LogP contribution in [0.4, 0.5) is 5.82 Å². The van der Waals surface area contributed by atoms with Crippen LogP contribution < -0.4 is 10.2 Å². The molecule has 0 fully saturated rings. The molecule has 1 rings (SSSR count). The van der Waals surface area contributed by atoms with Crippen LogP contribution in [0, 0.1) is 5.92 Å². The first-order valence-corrected chi connectivity index (χ1v) is 6.10. The second-order valence-corrected chi connectivity index (χ2v) is 4.67. The van der Waals surface area contributed by atoms with E-state index >= 15 is 0 Å². The van der Waals surface area contributed by atoms with Gasteiger partial charge in [-0.25, -0.2) is 4.98 Å². The minimum Gasteiger partial charge on any atom is -0.481 e. The van der Waals surface area contributed by atoms with Crippen molar-refractivity contribution in [1.82, 2.24) is 10.3 Å². The zero-order valence-corrected chi connectivity index (χ0v) is 11.5. The van der Waals surface area contributed by atoms with E-state index in [1.54, 1.807) is 24.1 Å². The Hall–Kier alpha value is -1.82. The van der Waals surface area contributed by atoms with Gasteiger partial charge in [-0.1, -0.05) is 18.5 Å². The molecule has 1 heterocycles. The molecule has 1 aromatic rings. The highest BCUT2D eigenvalue weighted by atomic mass is 35.5. The van der Waals surface area contributed by atoms with E-state index in [9.17, 15) is 9.59 Å². The Morgan fingerprint density at radius 3 is 2.74 bits per heavy atom. The van der Waals surface area contributed by atoms with Crippen molar-refractivity contribution >= 4 is 29.3 Å². The van der Waals surface area contributed by atoms with Crippen LogP contribution >= 0.6 is 11.6 Å². The molecule has 2 N–H and O–H groups in total. The van der Waals surface area contributed by atoms with Gasteiger partial charge in [0.2, 0.25) is 5.91 Å². The summed E-state index contributed by atoms with van der Waals surface area (Å²) in [6.07, 6.45) is 1.50. The summed E-state index contributed by atoms with van der Waals surface area (Å²) in [6.45, 7) is 1.74. The average molecular weight is 286 g/mol. The summed E-state index contributed by atoms with van der Waals surface area (Å²) in [6, 6.07) is 3.39. The highest BCUT2D eigenvalue weighted by Gasteiger charge is 2.13. The number of halogens is 1. The number of carbonyl (C=O) groups is 2. The molecule has 0 radical (unpaired) electrons. The van der Waals surface area contributed by atoms with Crippen LogP contribution in [-0.2, 0) is 9.59 Å². The van der Waals surface area contributed by atoms with E-state index in [1.165, 1.54) is 13.1 Å². The van der Waals surface area contributed by atoms with Crippen molar-refractivity contribution in [2.45, 2.75) is 6.92 Å². The molecule has 0 aliphatic heterocycles. The third-order valence-corrected chi connectivity index (χ3v) is 2.73. The summed E-state index contributed by atoms with van der Waals surface area (Å²) in [5.41, 5.74) is 0. The monoisotopic (exact) mass is 285 g/mol. The lowest BCUT2D eigenvalue weighted by atomic mass is 10.2. The second-order valence-electron chi connectivity index (χ2n) is 4.23. The third-order valence-electron chi connectivity index (χ3n) is 2.51. The van der Waals surface area contributed by atoms with Crippen molar-refractivity contribution in [2.75, 3.05) is 25.0 Å². The number of anilines is 1. The summed E-state index contributed by atoms with van der Waals surface area (Å²) in [5, 5.41) is 11.8. The number of carboxylic acid groups (broad SMARTS) is 1. The number of rotatable bonds is 6. The first kappa shape index (κ1) is 15.2. The molecule has 104 valence electrons. The van der Waals surface area contributed by atoms with Crippen molar-refractivity contribution in [2.24, 2.45) is 5.92 Å². The summed E-state index contributed by atoms with van der Waals surface area (Å²) in [4.78, 5) is 27.9. The van der Waals surface area contributed by atoms with Gasteiger partial charge in [-0.05, 0) is 12.1 Å². The molecular formula is C12H16ClN3O3. The van der Waals surface area contributed by atoms with Crippen LogP contribution in [0.15, 0.2) is 18.3 Å². The van der Waals surface area contributed by atoms with E-state index < -0.39 is 11.9 Å². The highest BCUT2D eigenvalue weighted by Crippen LogP contribution is 2.12. The third kappa shape index (κ3) is 5.13. The molecule has 0 aliphatic carbocycles. The number of hydrogen-bond acceptors (Lipinski definition) is 4. The molecule has 0 aliphatic rings. The maximum atomic E-state index is 11.6. The molecule has 6 nitrogen and oxygen atoms in total. The quantitative estimate of drug-likeness (QED) is 0.815. The average Bonchev–Trinajstić information content (AvgIpc) is 2.36. The van der Waals surface area contributed by atoms with Crippen LogP contribution in [0.1, 0.15) is 6.92 Å². The molecule has 1 aromatic heterocycles. The van der Waals surface area contributed by atoms with Gasteiger partial charge in [0.05, 0.1) is 17.5 Å². The number of likely N-dealkylation sites (N-methyl/N-ethyl adjacent to an activating group) is 1. The van der Waals surface area contributed by atoms with Crippen LogP contribution in [0.25, 0.3) is 0 Å². The summed E-state index contributed by atoms with van der Waals surface area (Å²) in [5.74, 6) is -1.19. The van der Waals surface area contributed by atoms with E-state index in [1.807, 2.05) is 0 Å². The Kier molecular flexibility index (Phi) is 5.57. The first-order chi connectivity index (χ1) is 8.90. The largest absolute Gasteiger partial charge is 0.481 e. The van der Waals surface area contributed by atoms with Crippen LogP contribution in [0.2, 0.25) is 5.02 Å². The van der Waals surface area contributed by atoms with Gasteiger partial charge >= 0.3 is 5.97 Å². The van der Waals surface area contributed by atoms with Gasteiger partial charge in [-0.15, -0.1) is 0 Å². The lowest BCUT2D eigenvalue weighted by Crippen LogP contribution is -2.38. The van der Waals surface area contributed by atoms with Crippen LogP contribution in [-0.4, -0.2) is 42.1 Å². The molecule has 7 heteroatoms. The van der Waals surface area contributed by atoms with E-state index in [2.05, 4.69) is 10.3 Å². The molecule has 0 saturated carbocycles. The zero-order chi connectivity index (χ0) is 14.4. The highest BCUT2D eigenvalue weighted by molar-refractivity contribution is 6.30. The summed E-state index contributed by atoms with van der Waals surface area (Å²) >= 11 is 5.72. The number of hydrogen-bond donors (Lipinski definition) is 2. The molecule has 1 atom stereocenters. The fraction of sp³-hybridized carbons (Fsp3) is 0.417. The number of aliphatic carboxylic acids is 1. The Bertz CT molecular complexity index is 450. The van der Waals surface area contributed by atoms with Crippen molar-refractivity contribution in [3.05, 3.63) is 23.4 Å². The van der Waals surface area contributed by atoms with E-state index in [0.29, 0.717) is 10.8 Å². The number of amides is 1. The van der Waals surface area contributed by atoms with Crippen LogP contribution in [0.3, 0.4) is 0 Å². The van der Waals surface area contributed by atoms with Crippen molar-refractivity contribution < 1.29 is 14.7 Å². The molecule has 0 aromatic carbocycles. The molecular weight excluding hydrogens is 270 g/mol. The fourth-order valence-electron chi connectivity index (χ4n) is 1.30. The van der Waals surface area contributed by atoms with E-state index in [4.69, 9.17) is 16.7 Å². The second kappa shape index (κ2) is 6.94. The lowest BCUT2D eigenvalue weighted by Gasteiger charge is -2.18. The molecule has 1 amide bonds. The summed E-state index contributed by atoms with van der Waals surface area (Å²) < 4.78 is 0. The van der Waals surface area contributed by atoms with Crippen LogP contribution in [0.5, 0.6) is 0 Å². The van der Waals surface area contributed by atoms with E-state index in [0.717, 1.165) is 0 Å². The number of pyridine rings is 1. The predicted octanol–water partition coefficient (Wildman–Crippen LogP) is 1.01. The zero-order valence-electron chi connectivity index (χ0n) is 10.8. The number of aromatic nitrogens is 1. The standard InChI is InChI=1S/C12H16ClN3O3/c1-8(12(18)19)5-15-11(17)7-16(2)10-4-3-9(13)6-14-10/h3-4,6,8H,5,7H2,1-2H3,(H,15,17)(H,18,19). The number of carboxylic acids is 1. The Balaban J connectivity index is 2.44. The maximum Gasteiger partial charge on any atom is 0.308 e. The van der Waals surface area contributed by atoms with Gasteiger partial charge in [0.15, 0.2) is 0 Å². The van der Waals surface area contributed by atoms with Gasteiger partial charge in [0.25, 0.3) is 0 Å². The van der Waals surface area contributed by atoms with Crippen molar-refractivity contribution in [1.29, 1.82) is 0 Å². The Morgan fingerprint density at radius 1 is 1.53 bits per heavy atom. The maximum absolute atomic E-state index is 11.6. The lowest BCUT2D eigenvalue weighted by molar-refractivity contribution is -0.141. The molecule has 0 spiro atoms. The first-order valence-electron chi connectivity index (χ1n) is 5.72. The molecule has 0 bridgehead atoms. The molecule has 19 heavy (non-hydrogen) atoms. The minimum absolute atomic E-state index is 0.0982. The minimum atomic E-state index is -0.937. The van der Waals surface area contributed by atoms with Gasteiger partial charge in [-0.2, -0.15) is 0 Å². The summed E-state index contributed by atoms with van der Waals surface area (Å²) in [7, 11) is 1.72.